The van der Waals surface area contributed by atoms with Crippen LogP contribution in [0.25, 0.3) is 0 Å². The van der Waals surface area contributed by atoms with Gasteiger partial charge < -0.3 is 10.1 Å². The summed E-state index contributed by atoms with van der Waals surface area (Å²) < 4.78 is 46.0. The molecule has 3 aromatic rings. The maximum absolute atomic E-state index is 13.1. The molecule has 1 amide bonds. The lowest BCUT2D eigenvalue weighted by atomic mass is 10.1. The van der Waals surface area contributed by atoms with Gasteiger partial charge in [0.2, 0.25) is 5.91 Å². The molecule has 0 spiro atoms. The van der Waals surface area contributed by atoms with Gasteiger partial charge in [-0.05, 0) is 61.4 Å². The molecule has 0 saturated carbocycles. The number of sulfonamides is 1. The average molecular weight is 443 g/mol. The van der Waals surface area contributed by atoms with Gasteiger partial charge >= 0.3 is 0 Å². The quantitative estimate of drug-likeness (QED) is 0.537. The van der Waals surface area contributed by atoms with E-state index in [1.165, 1.54) is 25.3 Å². The lowest BCUT2D eigenvalue weighted by molar-refractivity contribution is -0.116. The second-order valence-electron chi connectivity index (χ2n) is 7.01. The average Bonchev–Trinajstić information content (AvgIpc) is 2.73. The van der Waals surface area contributed by atoms with E-state index >= 15 is 0 Å². The Morgan fingerprint density at radius 3 is 2.45 bits per heavy atom. The van der Waals surface area contributed by atoms with Gasteiger partial charge in [-0.1, -0.05) is 29.8 Å². The number of ether oxygens (including phenoxy) is 1. The van der Waals surface area contributed by atoms with Crippen LogP contribution in [-0.2, 0) is 21.2 Å². The smallest absolute Gasteiger partial charge is 0.262 e. The number of carbonyl (C=O) groups is 1. The van der Waals surface area contributed by atoms with Crippen LogP contribution < -0.4 is 14.8 Å². The lowest BCUT2D eigenvalue weighted by Crippen LogP contribution is -2.15. The third kappa shape index (κ3) is 6.05. The largest absolute Gasteiger partial charge is 0.495 e. The molecule has 0 saturated heterocycles. The van der Waals surface area contributed by atoms with Crippen molar-refractivity contribution >= 4 is 27.3 Å². The van der Waals surface area contributed by atoms with E-state index in [4.69, 9.17) is 4.74 Å². The number of nitrogens with one attached hydrogen (secondary N) is 2. The van der Waals surface area contributed by atoms with Gasteiger partial charge in [-0.25, -0.2) is 12.8 Å². The van der Waals surface area contributed by atoms with Gasteiger partial charge in [0.25, 0.3) is 10.0 Å². The molecule has 0 radical (unpaired) electrons. The van der Waals surface area contributed by atoms with Crippen molar-refractivity contribution in [1.82, 2.24) is 0 Å². The van der Waals surface area contributed by atoms with Gasteiger partial charge in [0.15, 0.2) is 0 Å². The number of benzene rings is 3. The second kappa shape index (κ2) is 9.61. The summed E-state index contributed by atoms with van der Waals surface area (Å²) >= 11 is 0. The van der Waals surface area contributed by atoms with Crippen LogP contribution in [-0.4, -0.2) is 21.4 Å². The minimum atomic E-state index is -3.97. The molecule has 0 aliphatic heterocycles. The van der Waals surface area contributed by atoms with Gasteiger partial charge in [-0.15, -0.1) is 0 Å². The van der Waals surface area contributed by atoms with E-state index < -0.39 is 15.8 Å². The van der Waals surface area contributed by atoms with Crippen LogP contribution in [0.5, 0.6) is 5.75 Å². The molecule has 3 rings (SSSR count). The fraction of sp³-hybridized carbons (Fsp3) is 0.174. The number of methoxy groups -OCH3 is 1. The maximum Gasteiger partial charge on any atom is 0.262 e. The number of aryl methyl sites for hydroxylation is 2. The Morgan fingerprint density at radius 2 is 1.77 bits per heavy atom. The first kappa shape index (κ1) is 22.3. The number of hydrogen-bond donors (Lipinski definition) is 2. The zero-order valence-electron chi connectivity index (χ0n) is 17.2. The topological polar surface area (TPSA) is 84.5 Å². The minimum absolute atomic E-state index is 0.0939. The molecular formula is C23H23FN2O4S. The first-order valence-electron chi connectivity index (χ1n) is 9.58. The third-order valence-electron chi connectivity index (χ3n) is 4.57. The summed E-state index contributed by atoms with van der Waals surface area (Å²) in [5.74, 6) is -0.450. The Balaban J connectivity index is 1.72. The molecule has 0 aliphatic rings. The Kier molecular flexibility index (Phi) is 6.91. The summed E-state index contributed by atoms with van der Waals surface area (Å²) in [6.45, 7) is 2.00. The van der Waals surface area contributed by atoms with E-state index in [2.05, 4.69) is 10.0 Å². The van der Waals surface area contributed by atoms with Crippen molar-refractivity contribution in [3.8, 4) is 5.75 Å². The monoisotopic (exact) mass is 442 g/mol. The SMILES string of the molecule is COc1ccc(NC(=O)CCc2cccc(C)c2)cc1NS(=O)(=O)c1ccc(F)cc1. The van der Waals surface area contributed by atoms with Crippen LogP contribution in [0.1, 0.15) is 17.5 Å². The van der Waals surface area contributed by atoms with E-state index in [0.29, 0.717) is 12.1 Å². The van der Waals surface area contributed by atoms with Gasteiger partial charge in [-0.2, -0.15) is 0 Å². The minimum Gasteiger partial charge on any atom is -0.495 e. The van der Waals surface area contributed by atoms with E-state index in [1.54, 1.807) is 12.1 Å². The molecule has 0 unspecified atom stereocenters. The summed E-state index contributed by atoms with van der Waals surface area (Å²) in [5, 5.41) is 2.77. The first-order valence-corrected chi connectivity index (χ1v) is 11.1. The molecule has 6 nitrogen and oxygen atoms in total. The van der Waals surface area contributed by atoms with Crippen molar-refractivity contribution in [2.24, 2.45) is 0 Å². The van der Waals surface area contributed by atoms with Crippen molar-refractivity contribution in [1.29, 1.82) is 0 Å². The van der Waals surface area contributed by atoms with Crippen molar-refractivity contribution in [3.63, 3.8) is 0 Å². The van der Waals surface area contributed by atoms with Crippen molar-refractivity contribution in [2.45, 2.75) is 24.7 Å². The van der Waals surface area contributed by atoms with Gasteiger partial charge in [0.1, 0.15) is 11.6 Å². The molecule has 31 heavy (non-hydrogen) atoms. The number of carbonyl (C=O) groups excluding carboxylic acids is 1. The predicted octanol–water partition coefficient (Wildman–Crippen LogP) is 4.51. The highest BCUT2D eigenvalue weighted by Crippen LogP contribution is 2.30. The Hall–Kier alpha value is -3.39. The molecule has 0 fully saturated rings. The zero-order chi connectivity index (χ0) is 22.4. The van der Waals surface area contributed by atoms with Crippen molar-refractivity contribution in [3.05, 3.63) is 83.7 Å². The van der Waals surface area contributed by atoms with E-state index in [0.717, 1.165) is 23.3 Å². The molecular weight excluding hydrogens is 419 g/mol. The molecule has 0 bridgehead atoms. The van der Waals surface area contributed by atoms with E-state index in [-0.39, 0.29) is 28.7 Å². The molecule has 8 heteroatoms. The van der Waals surface area contributed by atoms with Gasteiger partial charge in [-0.3, -0.25) is 9.52 Å². The number of halogens is 1. The summed E-state index contributed by atoms with van der Waals surface area (Å²) in [5.41, 5.74) is 2.78. The lowest BCUT2D eigenvalue weighted by Gasteiger charge is -2.14. The maximum atomic E-state index is 13.1. The number of amides is 1. The highest BCUT2D eigenvalue weighted by molar-refractivity contribution is 7.92. The molecule has 2 N–H and O–H groups in total. The Bertz CT molecular complexity index is 1180. The molecule has 3 aromatic carbocycles. The van der Waals surface area contributed by atoms with Crippen LogP contribution in [0.3, 0.4) is 0 Å². The predicted molar refractivity (Wildman–Crippen MR) is 118 cm³/mol. The molecule has 0 aliphatic carbocycles. The van der Waals surface area contributed by atoms with Crippen LogP contribution in [0.15, 0.2) is 71.6 Å². The van der Waals surface area contributed by atoms with E-state index in [1.807, 2.05) is 31.2 Å². The van der Waals surface area contributed by atoms with Crippen molar-refractivity contribution < 1.29 is 22.3 Å². The standard InChI is InChI=1S/C23H23FN2O4S/c1-16-4-3-5-17(14-16)6-13-23(27)25-19-9-12-22(30-2)21(15-19)26-31(28,29)20-10-7-18(24)8-11-20/h3-5,7-12,14-15,26H,6,13H2,1-2H3,(H,25,27). The summed E-state index contributed by atoms with van der Waals surface area (Å²) in [6, 6.07) is 17.1. The van der Waals surface area contributed by atoms with Gasteiger partial charge in [0.05, 0.1) is 17.7 Å². The summed E-state index contributed by atoms with van der Waals surface area (Å²) in [6.07, 6.45) is 0.875. The Labute approximate surface area is 181 Å². The Morgan fingerprint density at radius 1 is 1.03 bits per heavy atom. The van der Waals surface area contributed by atoms with Gasteiger partial charge in [0, 0.05) is 12.1 Å². The number of rotatable bonds is 8. The molecule has 0 heterocycles. The normalized spacial score (nSPS) is 11.1. The zero-order valence-corrected chi connectivity index (χ0v) is 18.0. The second-order valence-corrected chi connectivity index (χ2v) is 8.69. The molecule has 0 atom stereocenters. The number of anilines is 2. The van der Waals surface area contributed by atoms with Crippen LogP contribution in [0, 0.1) is 12.7 Å². The van der Waals surface area contributed by atoms with Crippen LogP contribution in [0.4, 0.5) is 15.8 Å². The number of hydrogen-bond acceptors (Lipinski definition) is 4. The first-order chi connectivity index (χ1) is 14.8. The van der Waals surface area contributed by atoms with Crippen molar-refractivity contribution in [2.75, 3.05) is 17.1 Å². The van der Waals surface area contributed by atoms with E-state index in [9.17, 15) is 17.6 Å². The summed E-state index contributed by atoms with van der Waals surface area (Å²) in [7, 11) is -2.56. The highest BCUT2D eigenvalue weighted by atomic mass is 32.2. The highest BCUT2D eigenvalue weighted by Gasteiger charge is 2.17. The van der Waals surface area contributed by atoms with Crippen LogP contribution in [0.2, 0.25) is 0 Å². The fourth-order valence-corrected chi connectivity index (χ4v) is 4.09. The summed E-state index contributed by atoms with van der Waals surface area (Å²) in [4.78, 5) is 12.3. The molecule has 162 valence electrons. The molecule has 0 aromatic heterocycles. The fourth-order valence-electron chi connectivity index (χ4n) is 3.03. The van der Waals surface area contributed by atoms with Crippen LogP contribution >= 0.6 is 0 Å². The third-order valence-corrected chi connectivity index (χ3v) is 5.96.